The van der Waals surface area contributed by atoms with E-state index in [4.69, 9.17) is 4.74 Å². The Labute approximate surface area is 63.5 Å². The number of methoxy groups -OCH3 is 1. The van der Waals surface area contributed by atoms with E-state index in [1.54, 1.807) is 0 Å². The topological polar surface area (TPSA) is 44.2 Å². The van der Waals surface area contributed by atoms with Gasteiger partial charge < -0.3 is 10.9 Å². The Morgan fingerprint density at radius 3 is 1.90 bits per heavy atom. The highest BCUT2D eigenvalue weighted by atomic mass is 16.5. The Kier molecular flexibility index (Phi) is 5.64. The van der Waals surface area contributed by atoms with Crippen molar-refractivity contribution in [3.05, 3.63) is 0 Å². The van der Waals surface area contributed by atoms with Crippen molar-refractivity contribution in [3.8, 4) is 0 Å². The Bertz CT molecular complexity index is 67.7. The summed E-state index contributed by atoms with van der Waals surface area (Å²) in [6.07, 6.45) is 8.73. The molecular formula is C8H19NO. The summed E-state index contributed by atoms with van der Waals surface area (Å²) in [5.74, 6) is 0. The van der Waals surface area contributed by atoms with E-state index in [9.17, 15) is 0 Å². The third-order valence-corrected chi connectivity index (χ3v) is 2.14. The van der Waals surface area contributed by atoms with E-state index in [1.165, 1.54) is 38.5 Å². The quantitative estimate of drug-likeness (QED) is 0.576. The summed E-state index contributed by atoms with van der Waals surface area (Å²) in [5.41, 5.74) is 0. The summed E-state index contributed by atoms with van der Waals surface area (Å²) in [6, 6.07) is 0. The summed E-state index contributed by atoms with van der Waals surface area (Å²) in [7, 11) is 1.83. The van der Waals surface area contributed by atoms with E-state index in [0.717, 1.165) is 0 Å². The molecule has 2 heteroatoms. The molecule has 1 rings (SSSR count). The van der Waals surface area contributed by atoms with E-state index >= 15 is 0 Å². The van der Waals surface area contributed by atoms with Crippen LogP contribution in [0.25, 0.3) is 0 Å². The van der Waals surface area contributed by atoms with Gasteiger partial charge in [-0.2, -0.15) is 0 Å². The lowest BCUT2D eigenvalue weighted by Gasteiger charge is -2.09. The molecule has 0 radical (unpaired) electrons. The first-order chi connectivity index (χ1) is 4.43. The molecule has 1 aliphatic carbocycles. The number of hydrogen-bond donors (Lipinski definition) is 1. The minimum Gasteiger partial charge on any atom is -0.381 e. The van der Waals surface area contributed by atoms with Crippen molar-refractivity contribution in [2.24, 2.45) is 0 Å². The molecule has 0 amide bonds. The Hall–Kier alpha value is -0.0800. The van der Waals surface area contributed by atoms with Gasteiger partial charge in [0.15, 0.2) is 0 Å². The first-order valence-electron chi connectivity index (χ1n) is 3.96. The molecule has 3 N–H and O–H groups in total. The SMILES string of the molecule is COC1CCCCCC1.N. The highest BCUT2D eigenvalue weighted by molar-refractivity contribution is 4.62. The zero-order valence-corrected chi connectivity index (χ0v) is 6.94. The van der Waals surface area contributed by atoms with Crippen LogP contribution in [0.4, 0.5) is 0 Å². The van der Waals surface area contributed by atoms with Gasteiger partial charge in [0.25, 0.3) is 0 Å². The molecule has 1 fully saturated rings. The van der Waals surface area contributed by atoms with Crippen LogP contribution < -0.4 is 6.15 Å². The lowest BCUT2D eigenvalue weighted by Crippen LogP contribution is -2.07. The fourth-order valence-electron chi connectivity index (χ4n) is 1.48. The third kappa shape index (κ3) is 3.18. The van der Waals surface area contributed by atoms with Crippen LogP contribution in [0, 0.1) is 0 Å². The Balaban J connectivity index is 0.000000810. The molecule has 0 aliphatic heterocycles. The smallest absolute Gasteiger partial charge is 0.0571 e. The number of hydrogen-bond acceptors (Lipinski definition) is 2. The van der Waals surface area contributed by atoms with E-state index in [-0.39, 0.29) is 6.15 Å². The van der Waals surface area contributed by atoms with Gasteiger partial charge in [0, 0.05) is 7.11 Å². The highest BCUT2D eigenvalue weighted by Crippen LogP contribution is 2.18. The molecule has 10 heavy (non-hydrogen) atoms. The molecule has 0 unspecified atom stereocenters. The van der Waals surface area contributed by atoms with Crippen LogP contribution in [0.1, 0.15) is 38.5 Å². The van der Waals surface area contributed by atoms with Crippen molar-refractivity contribution in [1.82, 2.24) is 6.15 Å². The molecule has 0 aromatic heterocycles. The minimum absolute atomic E-state index is 0. The molecule has 0 aromatic carbocycles. The van der Waals surface area contributed by atoms with E-state index in [0.29, 0.717) is 6.10 Å². The average Bonchev–Trinajstić information content (AvgIpc) is 2.13. The van der Waals surface area contributed by atoms with Crippen molar-refractivity contribution in [2.45, 2.75) is 44.6 Å². The first kappa shape index (κ1) is 9.92. The van der Waals surface area contributed by atoms with Gasteiger partial charge in [-0.05, 0) is 12.8 Å². The Morgan fingerprint density at radius 1 is 1.00 bits per heavy atom. The molecule has 0 aromatic rings. The normalized spacial score (nSPS) is 21.3. The summed E-state index contributed by atoms with van der Waals surface area (Å²) in [6.45, 7) is 0. The van der Waals surface area contributed by atoms with Crippen molar-refractivity contribution >= 4 is 0 Å². The number of ether oxygens (including phenoxy) is 1. The van der Waals surface area contributed by atoms with E-state index < -0.39 is 0 Å². The monoisotopic (exact) mass is 145 g/mol. The fourth-order valence-corrected chi connectivity index (χ4v) is 1.48. The fraction of sp³-hybridized carbons (Fsp3) is 1.00. The molecule has 0 saturated heterocycles. The van der Waals surface area contributed by atoms with Gasteiger partial charge in [-0.3, -0.25) is 0 Å². The lowest BCUT2D eigenvalue weighted by atomic mass is 10.2. The van der Waals surface area contributed by atoms with Crippen molar-refractivity contribution < 1.29 is 4.74 Å². The minimum atomic E-state index is 0. The van der Waals surface area contributed by atoms with Crippen LogP contribution in [0.5, 0.6) is 0 Å². The van der Waals surface area contributed by atoms with Gasteiger partial charge >= 0.3 is 0 Å². The maximum Gasteiger partial charge on any atom is 0.0571 e. The van der Waals surface area contributed by atoms with Crippen molar-refractivity contribution in [1.29, 1.82) is 0 Å². The van der Waals surface area contributed by atoms with E-state index in [2.05, 4.69) is 0 Å². The average molecular weight is 145 g/mol. The third-order valence-electron chi connectivity index (χ3n) is 2.14. The molecule has 0 atom stereocenters. The second-order valence-electron chi connectivity index (χ2n) is 2.85. The van der Waals surface area contributed by atoms with Gasteiger partial charge in [-0.1, -0.05) is 25.7 Å². The van der Waals surface area contributed by atoms with Crippen LogP contribution in [0.3, 0.4) is 0 Å². The predicted molar refractivity (Wildman–Crippen MR) is 43.5 cm³/mol. The van der Waals surface area contributed by atoms with Gasteiger partial charge in [-0.25, -0.2) is 0 Å². The van der Waals surface area contributed by atoms with Crippen molar-refractivity contribution in [3.63, 3.8) is 0 Å². The highest BCUT2D eigenvalue weighted by Gasteiger charge is 2.09. The van der Waals surface area contributed by atoms with Gasteiger partial charge in [0.2, 0.25) is 0 Å². The molecule has 2 nitrogen and oxygen atoms in total. The van der Waals surface area contributed by atoms with Crippen LogP contribution in [-0.4, -0.2) is 13.2 Å². The Morgan fingerprint density at radius 2 is 1.50 bits per heavy atom. The predicted octanol–water partition coefficient (Wildman–Crippen LogP) is 2.52. The maximum absolute atomic E-state index is 5.27. The largest absolute Gasteiger partial charge is 0.381 e. The first-order valence-corrected chi connectivity index (χ1v) is 3.96. The standard InChI is InChI=1S/C8H16O.H3N/c1-9-8-6-4-2-3-5-7-8;/h8H,2-7H2,1H3;1H3. The maximum atomic E-state index is 5.27. The number of rotatable bonds is 1. The summed E-state index contributed by atoms with van der Waals surface area (Å²) in [5, 5.41) is 0. The molecule has 62 valence electrons. The van der Waals surface area contributed by atoms with Crippen LogP contribution in [0.2, 0.25) is 0 Å². The summed E-state index contributed by atoms with van der Waals surface area (Å²) in [4.78, 5) is 0. The molecule has 0 bridgehead atoms. The van der Waals surface area contributed by atoms with Crippen LogP contribution >= 0.6 is 0 Å². The summed E-state index contributed by atoms with van der Waals surface area (Å²) < 4.78 is 5.27. The zero-order chi connectivity index (χ0) is 6.53. The molecule has 1 saturated carbocycles. The van der Waals surface area contributed by atoms with Gasteiger partial charge in [0.05, 0.1) is 6.10 Å². The van der Waals surface area contributed by atoms with Crippen molar-refractivity contribution in [2.75, 3.05) is 7.11 Å². The van der Waals surface area contributed by atoms with Gasteiger partial charge in [-0.15, -0.1) is 0 Å². The second-order valence-corrected chi connectivity index (χ2v) is 2.85. The second kappa shape index (κ2) is 5.69. The van der Waals surface area contributed by atoms with E-state index in [1.807, 2.05) is 7.11 Å². The zero-order valence-electron chi connectivity index (χ0n) is 6.94. The molecular weight excluding hydrogens is 126 g/mol. The molecule has 1 aliphatic rings. The van der Waals surface area contributed by atoms with Crippen LogP contribution in [0.15, 0.2) is 0 Å². The molecule has 0 heterocycles. The molecule has 0 spiro atoms. The summed E-state index contributed by atoms with van der Waals surface area (Å²) >= 11 is 0. The lowest BCUT2D eigenvalue weighted by molar-refractivity contribution is 0.0900. The van der Waals surface area contributed by atoms with Gasteiger partial charge in [0.1, 0.15) is 0 Å². The van der Waals surface area contributed by atoms with Crippen LogP contribution in [-0.2, 0) is 4.74 Å².